The van der Waals surface area contributed by atoms with Gasteiger partial charge >= 0.3 is 0 Å². The Morgan fingerprint density at radius 3 is 3.04 bits per heavy atom. The van der Waals surface area contributed by atoms with Crippen molar-refractivity contribution in [2.24, 2.45) is 5.92 Å². The summed E-state index contributed by atoms with van der Waals surface area (Å²) in [5.74, 6) is 1.47. The van der Waals surface area contributed by atoms with E-state index in [0.717, 1.165) is 24.7 Å². The van der Waals surface area contributed by atoms with Crippen molar-refractivity contribution in [3.63, 3.8) is 0 Å². The van der Waals surface area contributed by atoms with Crippen LogP contribution in [0, 0.1) is 5.92 Å². The summed E-state index contributed by atoms with van der Waals surface area (Å²) in [5, 5.41) is 3.40. The normalized spacial score (nSPS) is 20.8. The zero-order valence-electron chi connectivity index (χ0n) is 13.7. The van der Waals surface area contributed by atoms with Crippen LogP contribution in [-0.2, 0) is 13.0 Å². The highest BCUT2D eigenvalue weighted by atomic mass is 35.5. The Kier molecular flexibility index (Phi) is 3.69. The van der Waals surface area contributed by atoms with Gasteiger partial charge in [0.15, 0.2) is 0 Å². The lowest BCUT2D eigenvalue weighted by Gasteiger charge is -2.35. The Labute approximate surface area is 154 Å². The molecule has 3 heterocycles. The molecule has 1 aromatic carbocycles. The Hall–Kier alpha value is -1.69. The van der Waals surface area contributed by atoms with Gasteiger partial charge in [0.05, 0.1) is 17.4 Å². The highest BCUT2D eigenvalue weighted by Crippen LogP contribution is 2.48. The van der Waals surface area contributed by atoms with Crippen LogP contribution in [0.15, 0.2) is 34.4 Å². The van der Waals surface area contributed by atoms with Gasteiger partial charge in [0, 0.05) is 22.5 Å². The molecule has 0 spiro atoms. The fourth-order valence-corrected chi connectivity index (χ4v) is 5.05. The van der Waals surface area contributed by atoms with Crippen molar-refractivity contribution >= 4 is 33.8 Å². The summed E-state index contributed by atoms with van der Waals surface area (Å²) in [4.78, 5) is 24.0. The molecular weight excluding hydrogens is 354 g/mol. The van der Waals surface area contributed by atoms with Gasteiger partial charge in [-0.3, -0.25) is 9.69 Å². The van der Waals surface area contributed by atoms with E-state index in [-0.39, 0.29) is 5.56 Å². The lowest BCUT2D eigenvalue weighted by atomic mass is 9.96. The van der Waals surface area contributed by atoms with E-state index in [9.17, 15) is 4.79 Å². The molecule has 128 valence electrons. The van der Waals surface area contributed by atoms with Crippen molar-refractivity contribution in [3.8, 4) is 0 Å². The number of benzene rings is 1. The molecule has 1 atom stereocenters. The van der Waals surface area contributed by atoms with Gasteiger partial charge in [0.25, 0.3) is 5.56 Å². The number of thiophene rings is 1. The van der Waals surface area contributed by atoms with Crippen molar-refractivity contribution in [2.75, 3.05) is 6.54 Å². The topological polar surface area (TPSA) is 49.0 Å². The summed E-state index contributed by atoms with van der Waals surface area (Å²) < 4.78 is 0. The van der Waals surface area contributed by atoms with Crippen molar-refractivity contribution < 1.29 is 0 Å². The van der Waals surface area contributed by atoms with Crippen LogP contribution in [0.25, 0.3) is 10.9 Å². The van der Waals surface area contributed by atoms with Crippen LogP contribution in [0.5, 0.6) is 0 Å². The summed E-state index contributed by atoms with van der Waals surface area (Å²) in [7, 11) is 0. The van der Waals surface area contributed by atoms with Crippen LogP contribution in [0.1, 0.15) is 35.1 Å². The third-order valence-electron chi connectivity index (χ3n) is 5.26. The van der Waals surface area contributed by atoms with Crippen LogP contribution in [-0.4, -0.2) is 21.4 Å². The Balaban J connectivity index is 1.51. The number of H-pyrrole nitrogens is 1. The summed E-state index contributed by atoms with van der Waals surface area (Å²) in [6, 6.07) is 7.98. The SMILES string of the molecule is O=c1[nH]c(CN2CCc3sccc3[C@H]2C2CC2)nc2cc(Cl)ccc12. The Morgan fingerprint density at radius 1 is 1.32 bits per heavy atom. The molecular formula is C19H18ClN3OS. The van der Waals surface area contributed by atoms with Crippen molar-refractivity contribution in [2.45, 2.75) is 31.8 Å². The number of rotatable bonds is 3. The minimum Gasteiger partial charge on any atom is -0.309 e. The fourth-order valence-electron chi connectivity index (χ4n) is 3.97. The molecule has 3 aromatic rings. The van der Waals surface area contributed by atoms with Crippen LogP contribution < -0.4 is 5.56 Å². The van der Waals surface area contributed by atoms with Gasteiger partial charge in [-0.15, -0.1) is 11.3 Å². The second-order valence-corrected chi connectivity index (χ2v) is 8.41. The van der Waals surface area contributed by atoms with Crippen molar-refractivity contribution in [1.82, 2.24) is 14.9 Å². The molecule has 0 unspecified atom stereocenters. The molecule has 1 saturated carbocycles. The van der Waals surface area contributed by atoms with Gasteiger partial charge in [0.1, 0.15) is 5.82 Å². The third kappa shape index (κ3) is 2.80. The van der Waals surface area contributed by atoms with E-state index in [4.69, 9.17) is 11.6 Å². The van der Waals surface area contributed by atoms with Gasteiger partial charge in [-0.2, -0.15) is 0 Å². The Bertz CT molecular complexity index is 1010. The maximum Gasteiger partial charge on any atom is 0.258 e. The first-order chi connectivity index (χ1) is 12.2. The first-order valence-electron chi connectivity index (χ1n) is 8.68. The third-order valence-corrected chi connectivity index (χ3v) is 6.49. The maximum absolute atomic E-state index is 12.4. The van der Waals surface area contributed by atoms with E-state index in [1.807, 2.05) is 11.3 Å². The first kappa shape index (κ1) is 15.6. The zero-order valence-corrected chi connectivity index (χ0v) is 15.2. The zero-order chi connectivity index (χ0) is 17.0. The number of aromatic nitrogens is 2. The van der Waals surface area contributed by atoms with E-state index in [1.54, 1.807) is 18.2 Å². The van der Waals surface area contributed by atoms with Gasteiger partial charge in [0.2, 0.25) is 0 Å². The molecule has 4 nitrogen and oxygen atoms in total. The molecule has 0 amide bonds. The number of fused-ring (bicyclic) bond motifs is 2. The number of aromatic amines is 1. The molecule has 2 aliphatic rings. The smallest absolute Gasteiger partial charge is 0.258 e. The van der Waals surface area contributed by atoms with Gasteiger partial charge < -0.3 is 4.98 Å². The standard InChI is InChI=1S/C19H18ClN3OS/c20-12-3-4-13-15(9-12)21-17(22-19(13)24)10-23-7-5-16-14(6-8-25-16)18(23)11-1-2-11/h3-4,6,8-9,11,18H,1-2,5,7,10H2,(H,21,22,24)/t18-/m1/s1. The van der Waals surface area contributed by atoms with Crippen LogP contribution in [0.2, 0.25) is 5.02 Å². The summed E-state index contributed by atoms with van der Waals surface area (Å²) in [6.45, 7) is 1.69. The van der Waals surface area contributed by atoms with Gasteiger partial charge in [-0.1, -0.05) is 11.6 Å². The van der Waals surface area contributed by atoms with E-state index < -0.39 is 0 Å². The minimum absolute atomic E-state index is 0.0899. The lowest BCUT2D eigenvalue weighted by Crippen LogP contribution is -2.36. The molecule has 0 bridgehead atoms. The van der Waals surface area contributed by atoms with Crippen LogP contribution in [0.4, 0.5) is 0 Å². The molecule has 5 rings (SSSR count). The summed E-state index contributed by atoms with van der Waals surface area (Å²) in [6.07, 6.45) is 3.68. The molecule has 1 fully saturated rings. The number of nitrogens with one attached hydrogen (secondary N) is 1. The largest absolute Gasteiger partial charge is 0.309 e. The van der Waals surface area contributed by atoms with Crippen LogP contribution in [0.3, 0.4) is 0 Å². The Morgan fingerprint density at radius 2 is 2.20 bits per heavy atom. The number of nitrogens with zero attached hydrogens (tertiary/aromatic N) is 2. The average Bonchev–Trinajstić information content (AvgIpc) is 3.30. The molecule has 0 radical (unpaired) electrons. The van der Waals surface area contributed by atoms with E-state index in [1.165, 1.54) is 23.3 Å². The minimum atomic E-state index is -0.0899. The van der Waals surface area contributed by atoms with Crippen molar-refractivity contribution in [3.05, 3.63) is 61.3 Å². The molecule has 6 heteroatoms. The highest BCUT2D eigenvalue weighted by molar-refractivity contribution is 7.10. The number of hydrogen-bond acceptors (Lipinski definition) is 4. The maximum atomic E-state index is 12.4. The highest BCUT2D eigenvalue weighted by Gasteiger charge is 2.40. The second-order valence-electron chi connectivity index (χ2n) is 6.98. The second kappa shape index (κ2) is 5.94. The van der Waals surface area contributed by atoms with E-state index in [0.29, 0.717) is 28.5 Å². The van der Waals surface area contributed by atoms with Crippen LogP contribution >= 0.6 is 22.9 Å². The predicted molar refractivity (Wildman–Crippen MR) is 101 cm³/mol. The quantitative estimate of drug-likeness (QED) is 0.752. The average molecular weight is 372 g/mol. The molecule has 0 saturated heterocycles. The molecule has 25 heavy (non-hydrogen) atoms. The van der Waals surface area contributed by atoms with Gasteiger partial charge in [-0.05, 0) is 60.4 Å². The van der Waals surface area contributed by atoms with Crippen molar-refractivity contribution in [1.29, 1.82) is 0 Å². The van der Waals surface area contributed by atoms with Gasteiger partial charge in [-0.25, -0.2) is 4.98 Å². The number of halogens is 1. The molecule has 1 N–H and O–H groups in total. The predicted octanol–water partition coefficient (Wildman–Crippen LogP) is 4.15. The first-order valence-corrected chi connectivity index (χ1v) is 9.93. The molecule has 1 aliphatic carbocycles. The van der Waals surface area contributed by atoms with E-state index >= 15 is 0 Å². The lowest BCUT2D eigenvalue weighted by molar-refractivity contribution is 0.154. The molecule has 1 aliphatic heterocycles. The van der Waals surface area contributed by atoms with E-state index in [2.05, 4.69) is 26.3 Å². The molecule has 2 aromatic heterocycles. The fraction of sp³-hybridized carbons (Fsp3) is 0.368. The summed E-state index contributed by atoms with van der Waals surface area (Å²) >= 11 is 7.94. The monoisotopic (exact) mass is 371 g/mol. The number of hydrogen-bond donors (Lipinski definition) is 1. The summed E-state index contributed by atoms with van der Waals surface area (Å²) in [5.41, 5.74) is 2.07.